The molecule has 0 bridgehead atoms. The lowest BCUT2D eigenvalue weighted by Gasteiger charge is -2.14. The van der Waals surface area contributed by atoms with E-state index in [2.05, 4.69) is 27.3 Å². The van der Waals surface area contributed by atoms with Gasteiger partial charge >= 0.3 is 0 Å². The Morgan fingerprint density at radius 3 is 2.31 bits per heavy atom. The predicted octanol–water partition coefficient (Wildman–Crippen LogP) is 3.47. The van der Waals surface area contributed by atoms with Gasteiger partial charge in [0.25, 0.3) is 0 Å². The van der Waals surface area contributed by atoms with Gasteiger partial charge in [-0.25, -0.2) is 8.42 Å². The van der Waals surface area contributed by atoms with Crippen LogP contribution >= 0.6 is 0 Å². The average molecular weight is 383 g/mol. The van der Waals surface area contributed by atoms with Gasteiger partial charge in [0.2, 0.25) is 10.0 Å². The highest BCUT2D eigenvalue weighted by Gasteiger charge is 2.07. The van der Waals surface area contributed by atoms with Crippen LogP contribution < -0.4 is 15.4 Å². The first-order chi connectivity index (χ1) is 12.5. The number of para-hydroxylation sites is 1. The highest BCUT2D eigenvalue weighted by molar-refractivity contribution is 7.92. The zero-order valence-corrected chi connectivity index (χ0v) is 17.2. The van der Waals surface area contributed by atoms with Gasteiger partial charge in [0, 0.05) is 20.1 Å². The maximum absolute atomic E-state index is 11.5. The fourth-order valence-electron chi connectivity index (χ4n) is 2.66. The Bertz CT molecular complexity index is 645. The fraction of sp³-hybridized carbons (Fsp3) is 0.632. The molecule has 148 valence electrons. The fourth-order valence-corrected chi connectivity index (χ4v) is 3.26. The number of nitrogens with one attached hydrogen (secondary N) is 3. The smallest absolute Gasteiger partial charge is 0.229 e. The summed E-state index contributed by atoms with van der Waals surface area (Å²) in [5.74, 6) is 0.727. The number of rotatable bonds is 12. The summed E-state index contributed by atoms with van der Waals surface area (Å²) in [6.45, 7) is 3.62. The molecule has 6 nitrogen and oxygen atoms in total. The van der Waals surface area contributed by atoms with E-state index in [0.29, 0.717) is 12.2 Å². The molecule has 1 rings (SSSR count). The lowest BCUT2D eigenvalue weighted by molar-refractivity contribution is 0.583. The first-order valence-electron chi connectivity index (χ1n) is 9.46. The van der Waals surface area contributed by atoms with Crippen LogP contribution in [0.1, 0.15) is 57.4 Å². The van der Waals surface area contributed by atoms with Gasteiger partial charge in [-0.05, 0) is 18.1 Å². The number of aliphatic imine (C=N–C) groups is 1. The molecule has 1 aromatic carbocycles. The third-order valence-corrected chi connectivity index (χ3v) is 4.65. The number of sulfonamides is 1. The molecule has 3 N–H and O–H groups in total. The van der Waals surface area contributed by atoms with E-state index in [0.717, 1.165) is 30.7 Å². The van der Waals surface area contributed by atoms with Crippen molar-refractivity contribution >= 4 is 21.7 Å². The topological polar surface area (TPSA) is 82.6 Å². The summed E-state index contributed by atoms with van der Waals surface area (Å²) in [7, 11) is -1.56. The SMILES string of the molecule is CCCCCCCCCNC(=NC)NCc1ccccc1NS(C)(=O)=O. The van der Waals surface area contributed by atoms with Gasteiger partial charge in [-0.3, -0.25) is 9.71 Å². The standard InChI is InChI=1S/C19H34N4O2S/c1-4-5-6-7-8-9-12-15-21-19(20-2)22-16-17-13-10-11-14-18(17)23-26(3,24)25/h10-11,13-14,23H,4-9,12,15-16H2,1-3H3,(H2,20,21,22). The van der Waals surface area contributed by atoms with Crippen molar-refractivity contribution in [2.45, 2.75) is 58.4 Å². The van der Waals surface area contributed by atoms with Crippen LogP contribution in [0.2, 0.25) is 0 Å². The molecule has 26 heavy (non-hydrogen) atoms. The number of unbranched alkanes of at least 4 members (excludes halogenated alkanes) is 6. The van der Waals surface area contributed by atoms with Crippen LogP contribution in [0.25, 0.3) is 0 Å². The molecule has 0 aliphatic rings. The lowest BCUT2D eigenvalue weighted by Crippen LogP contribution is -2.37. The van der Waals surface area contributed by atoms with E-state index < -0.39 is 10.0 Å². The zero-order chi connectivity index (χ0) is 19.3. The Labute approximate surface area is 158 Å². The summed E-state index contributed by atoms with van der Waals surface area (Å²) in [6, 6.07) is 7.35. The molecule has 0 unspecified atom stereocenters. The first-order valence-corrected chi connectivity index (χ1v) is 11.4. The van der Waals surface area contributed by atoms with Gasteiger partial charge in [-0.15, -0.1) is 0 Å². The number of benzene rings is 1. The van der Waals surface area contributed by atoms with Crippen LogP contribution in [0.4, 0.5) is 5.69 Å². The minimum atomic E-state index is -3.30. The molecule has 0 heterocycles. The van der Waals surface area contributed by atoms with Crippen molar-refractivity contribution in [1.82, 2.24) is 10.6 Å². The van der Waals surface area contributed by atoms with E-state index in [4.69, 9.17) is 0 Å². The minimum Gasteiger partial charge on any atom is -0.356 e. The van der Waals surface area contributed by atoms with Gasteiger partial charge in [0.15, 0.2) is 5.96 Å². The van der Waals surface area contributed by atoms with E-state index >= 15 is 0 Å². The number of hydrogen-bond acceptors (Lipinski definition) is 3. The molecule has 0 saturated heterocycles. The summed E-state index contributed by atoms with van der Waals surface area (Å²) in [6.07, 6.45) is 10.1. The monoisotopic (exact) mass is 382 g/mol. The molecular formula is C19H34N4O2S. The Hall–Kier alpha value is -1.76. The number of guanidine groups is 1. The second kappa shape index (κ2) is 12.6. The van der Waals surface area contributed by atoms with E-state index in [1.54, 1.807) is 13.1 Å². The molecule has 0 aliphatic carbocycles. The second-order valence-electron chi connectivity index (χ2n) is 6.51. The van der Waals surface area contributed by atoms with E-state index in [-0.39, 0.29) is 0 Å². The number of nitrogens with zero attached hydrogens (tertiary/aromatic N) is 1. The Morgan fingerprint density at radius 2 is 1.65 bits per heavy atom. The lowest BCUT2D eigenvalue weighted by atomic mass is 10.1. The number of anilines is 1. The average Bonchev–Trinajstić information content (AvgIpc) is 2.59. The van der Waals surface area contributed by atoms with E-state index in [9.17, 15) is 8.42 Å². The molecular weight excluding hydrogens is 348 g/mol. The maximum Gasteiger partial charge on any atom is 0.229 e. The van der Waals surface area contributed by atoms with Crippen LogP contribution in [0, 0.1) is 0 Å². The first kappa shape index (κ1) is 22.3. The van der Waals surface area contributed by atoms with Gasteiger partial charge in [0.05, 0.1) is 11.9 Å². The number of hydrogen-bond donors (Lipinski definition) is 3. The summed E-state index contributed by atoms with van der Waals surface area (Å²) in [4.78, 5) is 4.22. The van der Waals surface area contributed by atoms with Crippen LogP contribution in [0.3, 0.4) is 0 Å². The van der Waals surface area contributed by atoms with Crippen LogP contribution in [-0.4, -0.2) is 34.2 Å². The molecule has 1 aromatic rings. The summed E-state index contributed by atoms with van der Waals surface area (Å²) < 4.78 is 25.5. The van der Waals surface area contributed by atoms with Crippen LogP contribution in [0.5, 0.6) is 0 Å². The van der Waals surface area contributed by atoms with Crippen molar-refractivity contribution < 1.29 is 8.42 Å². The molecule has 0 saturated carbocycles. The highest BCUT2D eigenvalue weighted by atomic mass is 32.2. The largest absolute Gasteiger partial charge is 0.356 e. The highest BCUT2D eigenvalue weighted by Crippen LogP contribution is 2.15. The van der Waals surface area contributed by atoms with Gasteiger partial charge in [-0.1, -0.05) is 63.6 Å². The summed E-state index contributed by atoms with van der Waals surface area (Å²) in [5.41, 5.74) is 1.46. The molecule has 0 aromatic heterocycles. The zero-order valence-electron chi connectivity index (χ0n) is 16.3. The minimum absolute atomic E-state index is 0.495. The van der Waals surface area contributed by atoms with Gasteiger partial charge in [-0.2, -0.15) is 0 Å². The van der Waals surface area contributed by atoms with Crippen molar-refractivity contribution in [3.05, 3.63) is 29.8 Å². The molecule has 0 amide bonds. The quantitative estimate of drug-likeness (QED) is 0.294. The van der Waals surface area contributed by atoms with Crippen molar-refractivity contribution in [2.75, 3.05) is 24.6 Å². The summed E-state index contributed by atoms with van der Waals surface area (Å²) in [5, 5.41) is 6.54. The Balaban J connectivity index is 2.34. The Kier molecular flexibility index (Phi) is 10.8. The Morgan fingerprint density at radius 1 is 1.00 bits per heavy atom. The molecule has 0 spiro atoms. The molecule has 7 heteroatoms. The molecule has 0 atom stereocenters. The van der Waals surface area contributed by atoms with Crippen molar-refractivity contribution in [3.8, 4) is 0 Å². The van der Waals surface area contributed by atoms with Crippen molar-refractivity contribution in [2.24, 2.45) is 4.99 Å². The van der Waals surface area contributed by atoms with E-state index in [1.807, 2.05) is 18.2 Å². The maximum atomic E-state index is 11.5. The van der Waals surface area contributed by atoms with Crippen molar-refractivity contribution in [3.63, 3.8) is 0 Å². The van der Waals surface area contributed by atoms with Crippen molar-refractivity contribution in [1.29, 1.82) is 0 Å². The van der Waals surface area contributed by atoms with Crippen LogP contribution in [0.15, 0.2) is 29.3 Å². The molecule has 0 radical (unpaired) electrons. The summed E-state index contributed by atoms with van der Waals surface area (Å²) >= 11 is 0. The van der Waals surface area contributed by atoms with Gasteiger partial charge < -0.3 is 10.6 Å². The normalized spacial score (nSPS) is 12.0. The van der Waals surface area contributed by atoms with Gasteiger partial charge in [0.1, 0.15) is 0 Å². The van der Waals surface area contributed by atoms with Crippen LogP contribution in [-0.2, 0) is 16.6 Å². The third-order valence-electron chi connectivity index (χ3n) is 4.06. The second-order valence-corrected chi connectivity index (χ2v) is 8.25. The third kappa shape index (κ3) is 10.3. The molecule has 0 fully saturated rings. The predicted molar refractivity (Wildman–Crippen MR) is 111 cm³/mol. The molecule has 0 aliphatic heterocycles. The van der Waals surface area contributed by atoms with E-state index in [1.165, 1.54) is 38.5 Å².